The maximum absolute atomic E-state index is 14.3. The quantitative estimate of drug-likeness (QED) is 0.307. The van der Waals surface area contributed by atoms with Crippen LogP contribution in [0.4, 0.5) is 20.8 Å². The number of nitrogen functional groups attached to an aromatic ring is 1. The second-order valence-electron chi connectivity index (χ2n) is 9.77. The van der Waals surface area contributed by atoms with E-state index in [0.717, 1.165) is 18.9 Å². The van der Waals surface area contributed by atoms with Crippen LogP contribution in [-0.2, 0) is 4.74 Å². The first kappa shape index (κ1) is 28.9. The summed E-state index contributed by atoms with van der Waals surface area (Å²) < 4.78 is 24.9. The summed E-state index contributed by atoms with van der Waals surface area (Å²) in [5.41, 5.74) is 6.67. The van der Waals surface area contributed by atoms with Crippen LogP contribution in [0.3, 0.4) is 0 Å². The van der Waals surface area contributed by atoms with Gasteiger partial charge in [0.2, 0.25) is 11.8 Å². The standard InChI is InChI=1S/C21H21ClFN5O.C6H13NO2/c22-16-11-13(24)12-17(23)19(16)29-20-15(7-4-9-25-20)18-8-10-26-21(28-18)27-14-5-2-1-3-6-14;1-6(2,3)9-5(8)7-4/h4,7-12,14H,1-3,5-6,24H2,(H,26,27,28);1-4H3,(H,7,8). The summed E-state index contributed by atoms with van der Waals surface area (Å²) in [7, 11) is 1.54. The van der Waals surface area contributed by atoms with E-state index in [0.29, 0.717) is 23.2 Å². The first-order valence-electron chi connectivity index (χ1n) is 12.4. The molecule has 0 unspecified atom stereocenters. The van der Waals surface area contributed by atoms with Gasteiger partial charge in [-0.15, -0.1) is 0 Å². The molecule has 1 aromatic carbocycles. The van der Waals surface area contributed by atoms with Crippen LogP contribution in [0, 0.1) is 5.82 Å². The van der Waals surface area contributed by atoms with Crippen molar-refractivity contribution in [1.29, 1.82) is 0 Å². The fourth-order valence-corrected chi connectivity index (χ4v) is 4.03. The van der Waals surface area contributed by atoms with E-state index in [1.54, 1.807) is 30.6 Å². The zero-order chi connectivity index (χ0) is 27.7. The number of amides is 1. The van der Waals surface area contributed by atoms with Crippen molar-refractivity contribution < 1.29 is 18.7 Å². The van der Waals surface area contributed by atoms with Gasteiger partial charge in [-0.1, -0.05) is 30.9 Å². The number of carbonyl (C=O) groups is 1. The van der Waals surface area contributed by atoms with Crippen molar-refractivity contribution >= 4 is 29.3 Å². The molecule has 1 fully saturated rings. The summed E-state index contributed by atoms with van der Waals surface area (Å²) in [6, 6.07) is 8.29. The third-order valence-corrected chi connectivity index (χ3v) is 5.74. The van der Waals surface area contributed by atoms with Crippen LogP contribution in [0.2, 0.25) is 5.02 Å². The Morgan fingerprint density at radius 1 is 1.13 bits per heavy atom. The van der Waals surface area contributed by atoms with Crippen molar-refractivity contribution in [3.8, 4) is 22.9 Å². The molecular weight excluding hydrogens is 511 g/mol. The van der Waals surface area contributed by atoms with Crippen LogP contribution in [0.5, 0.6) is 11.6 Å². The van der Waals surface area contributed by atoms with Gasteiger partial charge in [0.1, 0.15) is 5.60 Å². The highest BCUT2D eigenvalue weighted by molar-refractivity contribution is 6.32. The lowest BCUT2D eigenvalue weighted by atomic mass is 9.96. The zero-order valence-electron chi connectivity index (χ0n) is 22.1. The topological polar surface area (TPSA) is 124 Å². The lowest BCUT2D eigenvalue weighted by molar-refractivity contribution is 0.0541. The van der Waals surface area contributed by atoms with Gasteiger partial charge in [0.15, 0.2) is 11.6 Å². The largest absolute Gasteiger partial charge is 0.444 e. The minimum atomic E-state index is -0.658. The lowest BCUT2D eigenvalue weighted by Gasteiger charge is -2.22. The van der Waals surface area contributed by atoms with Gasteiger partial charge >= 0.3 is 6.09 Å². The molecule has 4 rings (SSSR count). The normalized spacial score (nSPS) is 13.6. The molecule has 0 saturated heterocycles. The molecular formula is C27H34ClFN6O3. The van der Waals surface area contributed by atoms with Crippen LogP contribution in [-0.4, -0.2) is 39.7 Å². The average Bonchev–Trinajstić information content (AvgIpc) is 2.86. The molecule has 0 atom stereocenters. The molecule has 38 heavy (non-hydrogen) atoms. The Bertz CT molecular complexity index is 1210. The minimum absolute atomic E-state index is 0.0708. The van der Waals surface area contributed by atoms with Crippen molar-refractivity contribution in [1.82, 2.24) is 20.3 Å². The number of pyridine rings is 1. The summed E-state index contributed by atoms with van der Waals surface area (Å²) >= 11 is 6.11. The SMILES string of the molecule is CNC(=O)OC(C)(C)C.Nc1cc(F)c(Oc2ncccc2-c2ccnc(NC3CCCCC3)n2)c(Cl)c1. The fourth-order valence-electron chi connectivity index (χ4n) is 3.78. The number of hydrogen-bond donors (Lipinski definition) is 3. The molecule has 4 N–H and O–H groups in total. The maximum Gasteiger partial charge on any atom is 0.407 e. The molecule has 1 amide bonds. The second kappa shape index (κ2) is 13.2. The molecule has 1 aliphatic carbocycles. The second-order valence-corrected chi connectivity index (χ2v) is 10.2. The van der Waals surface area contributed by atoms with Gasteiger partial charge in [-0.25, -0.2) is 24.1 Å². The zero-order valence-corrected chi connectivity index (χ0v) is 22.8. The van der Waals surface area contributed by atoms with Crippen molar-refractivity contribution in [3.05, 3.63) is 53.6 Å². The Balaban J connectivity index is 0.000000383. The molecule has 3 aromatic rings. The van der Waals surface area contributed by atoms with Crippen LogP contribution < -0.4 is 21.1 Å². The Hall–Kier alpha value is -3.66. The molecule has 11 heteroatoms. The predicted octanol–water partition coefficient (Wildman–Crippen LogP) is 6.59. The van der Waals surface area contributed by atoms with Crippen molar-refractivity contribution in [2.75, 3.05) is 18.1 Å². The van der Waals surface area contributed by atoms with Crippen LogP contribution in [0.1, 0.15) is 52.9 Å². The number of rotatable bonds is 5. The predicted molar refractivity (Wildman–Crippen MR) is 147 cm³/mol. The summed E-state index contributed by atoms with van der Waals surface area (Å²) in [6.45, 7) is 5.46. The molecule has 0 radical (unpaired) electrons. The number of nitrogens with zero attached hydrogens (tertiary/aromatic N) is 3. The third kappa shape index (κ3) is 8.72. The Kier molecular flexibility index (Phi) is 10.1. The van der Waals surface area contributed by atoms with Crippen LogP contribution >= 0.6 is 11.6 Å². The number of nitrogens with one attached hydrogen (secondary N) is 2. The summed E-state index contributed by atoms with van der Waals surface area (Å²) in [6.07, 6.45) is 8.79. The van der Waals surface area contributed by atoms with E-state index in [9.17, 15) is 9.18 Å². The monoisotopic (exact) mass is 544 g/mol. The number of carbonyl (C=O) groups excluding carboxylic acids is 1. The van der Waals surface area contributed by atoms with E-state index >= 15 is 0 Å². The van der Waals surface area contributed by atoms with E-state index < -0.39 is 5.82 Å². The summed E-state index contributed by atoms with van der Waals surface area (Å²) in [5, 5.41) is 5.84. The minimum Gasteiger partial charge on any atom is -0.444 e. The Morgan fingerprint density at radius 3 is 2.50 bits per heavy atom. The lowest BCUT2D eigenvalue weighted by Crippen LogP contribution is -2.30. The van der Waals surface area contributed by atoms with Crippen LogP contribution in [0.15, 0.2) is 42.7 Å². The van der Waals surface area contributed by atoms with Gasteiger partial charge in [0, 0.05) is 37.2 Å². The molecule has 1 aliphatic rings. The number of nitrogens with two attached hydrogens (primary N) is 1. The van der Waals surface area contributed by atoms with E-state index in [2.05, 4.69) is 25.6 Å². The van der Waals surface area contributed by atoms with Crippen molar-refractivity contribution in [2.45, 2.75) is 64.5 Å². The molecule has 0 spiro atoms. The summed E-state index contributed by atoms with van der Waals surface area (Å²) in [4.78, 5) is 23.7. The first-order valence-corrected chi connectivity index (χ1v) is 12.8. The van der Waals surface area contributed by atoms with Crippen molar-refractivity contribution in [3.63, 3.8) is 0 Å². The van der Waals surface area contributed by atoms with Crippen molar-refractivity contribution in [2.24, 2.45) is 0 Å². The van der Waals surface area contributed by atoms with Gasteiger partial charge in [0.05, 0.1) is 16.3 Å². The molecule has 204 valence electrons. The highest BCUT2D eigenvalue weighted by Gasteiger charge is 2.18. The van der Waals surface area contributed by atoms with Gasteiger partial charge in [-0.3, -0.25) is 0 Å². The number of hydrogen-bond acceptors (Lipinski definition) is 8. The number of aromatic nitrogens is 3. The third-order valence-electron chi connectivity index (χ3n) is 5.46. The average molecular weight is 545 g/mol. The van der Waals surface area contributed by atoms with Gasteiger partial charge in [0.25, 0.3) is 0 Å². The van der Waals surface area contributed by atoms with Gasteiger partial charge in [-0.05, 0) is 57.9 Å². The molecule has 2 heterocycles. The summed E-state index contributed by atoms with van der Waals surface area (Å²) in [5.74, 6) is -0.0364. The molecule has 9 nitrogen and oxygen atoms in total. The number of halogens is 2. The number of alkyl carbamates (subject to hydrolysis) is 1. The maximum atomic E-state index is 14.3. The van der Waals surface area contributed by atoms with E-state index in [-0.39, 0.29) is 34.0 Å². The van der Waals surface area contributed by atoms with E-state index in [4.69, 9.17) is 26.8 Å². The first-order chi connectivity index (χ1) is 18.1. The number of ether oxygens (including phenoxy) is 2. The molecule has 0 bridgehead atoms. The highest BCUT2D eigenvalue weighted by Crippen LogP contribution is 2.37. The smallest absolute Gasteiger partial charge is 0.407 e. The van der Waals surface area contributed by atoms with Gasteiger partial charge < -0.3 is 25.8 Å². The number of anilines is 2. The highest BCUT2D eigenvalue weighted by atomic mass is 35.5. The fraction of sp³-hybridized carbons (Fsp3) is 0.407. The van der Waals surface area contributed by atoms with Crippen LogP contribution in [0.25, 0.3) is 11.3 Å². The molecule has 1 saturated carbocycles. The number of benzene rings is 1. The van der Waals surface area contributed by atoms with Gasteiger partial charge in [-0.2, -0.15) is 0 Å². The Morgan fingerprint density at radius 2 is 1.87 bits per heavy atom. The molecule has 2 aromatic heterocycles. The molecule has 0 aliphatic heterocycles. The van der Waals surface area contributed by atoms with E-state index in [1.807, 2.05) is 20.8 Å². The Labute approximate surface area is 227 Å². The van der Waals surface area contributed by atoms with E-state index in [1.165, 1.54) is 32.4 Å².